The Morgan fingerprint density at radius 1 is 1.00 bits per heavy atom. The molecule has 2 aromatic heterocycles. The van der Waals surface area contributed by atoms with E-state index in [0.717, 1.165) is 64.6 Å². The van der Waals surface area contributed by atoms with Crippen molar-refractivity contribution < 1.29 is 9.21 Å². The number of hydrogen-bond acceptors (Lipinski definition) is 6. The van der Waals surface area contributed by atoms with E-state index in [0.29, 0.717) is 5.92 Å². The molecule has 0 radical (unpaired) electrons. The first-order valence-corrected chi connectivity index (χ1v) is 12.9. The van der Waals surface area contributed by atoms with Gasteiger partial charge in [-0.05, 0) is 97.3 Å². The molecule has 0 saturated heterocycles. The van der Waals surface area contributed by atoms with Crippen molar-refractivity contribution in [3.63, 3.8) is 0 Å². The molecular formula is C25H37N5O3. The minimum absolute atomic E-state index is 0.00104. The van der Waals surface area contributed by atoms with E-state index < -0.39 is 5.69 Å². The summed E-state index contributed by atoms with van der Waals surface area (Å²) in [7, 11) is 0. The predicted octanol–water partition coefficient (Wildman–Crippen LogP) is 4.28. The standard InChI is InChI=1S/C25H37N5O3/c1-16-6-10-21-19(12-16)9-11-20-17(2)7-8-18(4-3-5-22(20)21)23(31)13-29-25(32)30(28-27-29)24-14-33-15-26-24/h14-22H,3-13H2,1-2H3/t16-,17-,18+,19+,20-,21-,22-/m0/s1. The van der Waals surface area contributed by atoms with E-state index in [4.69, 9.17) is 4.42 Å². The fourth-order valence-electron chi connectivity index (χ4n) is 7.34. The van der Waals surface area contributed by atoms with Crippen LogP contribution in [0.4, 0.5) is 0 Å². The van der Waals surface area contributed by atoms with Crippen molar-refractivity contribution in [1.82, 2.24) is 24.8 Å². The second-order valence-electron chi connectivity index (χ2n) is 11.1. The number of aromatic nitrogens is 5. The molecule has 3 aliphatic carbocycles. The van der Waals surface area contributed by atoms with Gasteiger partial charge in [-0.15, -0.1) is 4.68 Å². The lowest BCUT2D eigenvalue weighted by Gasteiger charge is -2.49. The highest BCUT2D eigenvalue weighted by Gasteiger charge is 2.43. The molecule has 33 heavy (non-hydrogen) atoms. The number of fused-ring (bicyclic) bond motifs is 3. The van der Waals surface area contributed by atoms with Crippen molar-refractivity contribution in [2.45, 2.75) is 84.6 Å². The summed E-state index contributed by atoms with van der Waals surface area (Å²) in [6, 6.07) is 0. The minimum Gasteiger partial charge on any atom is -0.449 e. The Hall–Kier alpha value is -2.25. The quantitative estimate of drug-likeness (QED) is 0.683. The van der Waals surface area contributed by atoms with Gasteiger partial charge in [-0.25, -0.2) is 4.79 Å². The fraction of sp³-hybridized carbons (Fsp3) is 0.800. The maximum absolute atomic E-state index is 13.2. The second kappa shape index (κ2) is 9.55. The largest absolute Gasteiger partial charge is 0.449 e. The third kappa shape index (κ3) is 4.58. The van der Waals surface area contributed by atoms with Crippen LogP contribution in [0.2, 0.25) is 0 Å². The molecule has 7 atom stereocenters. The lowest BCUT2D eigenvalue weighted by Crippen LogP contribution is -2.40. The van der Waals surface area contributed by atoms with Gasteiger partial charge in [0.05, 0.1) is 0 Å². The van der Waals surface area contributed by atoms with E-state index in [1.54, 1.807) is 0 Å². The van der Waals surface area contributed by atoms with Gasteiger partial charge in [-0.3, -0.25) is 4.79 Å². The molecule has 3 aliphatic rings. The fourth-order valence-corrected chi connectivity index (χ4v) is 7.34. The van der Waals surface area contributed by atoms with Gasteiger partial charge in [0.15, 0.2) is 18.0 Å². The van der Waals surface area contributed by atoms with E-state index in [1.165, 1.54) is 51.2 Å². The molecule has 8 nitrogen and oxygen atoms in total. The van der Waals surface area contributed by atoms with Gasteiger partial charge in [-0.1, -0.05) is 26.7 Å². The lowest BCUT2D eigenvalue weighted by atomic mass is 9.57. The number of Topliss-reactive ketones (excluding diaryl/α,β-unsaturated/α-hetero) is 1. The molecule has 2 aromatic rings. The first-order chi connectivity index (χ1) is 16.0. The normalized spacial score (nSPS) is 35.0. The van der Waals surface area contributed by atoms with Crippen LogP contribution in [0.1, 0.15) is 78.1 Å². The van der Waals surface area contributed by atoms with Gasteiger partial charge in [0.1, 0.15) is 12.8 Å². The SMILES string of the molecule is C[C@H]1CC[C@H]2[C@H](CC[C@@H]3[C@@H]2CCC[C@@H](C(=O)Cn2nnn(-c4cocn4)c2=O)CC[C@@H]3C)C1. The maximum Gasteiger partial charge on any atom is 0.370 e. The van der Waals surface area contributed by atoms with Crippen LogP contribution < -0.4 is 5.69 Å². The summed E-state index contributed by atoms with van der Waals surface area (Å²) in [5.74, 6) is 5.42. The molecule has 0 bridgehead atoms. The number of oxazole rings is 1. The van der Waals surface area contributed by atoms with Crippen LogP contribution in [0.25, 0.3) is 5.82 Å². The molecule has 8 heteroatoms. The highest BCUT2D eigenvalue weighted by molar-refractivity contribution is 5.80. The Morgan fingerprint density at radius 3 is 2.67 bits per heavy atom. The van der Waals surface area contributed by atoms with Crippen molar-refractivity contribution in [3.8, 4) is 5.82 Å². The number of carbonyl (C=O) groups excluding carboxylic acids is 1. The maximum atomic E-state index is 13.2. The van der Waals surface area contributed by atoms with E-state index in [1.807, 2.05) is 0 Å². The molecule has 0 amide bonds. The van der Waals surface area contributed by atoms with E-state index in [2.05, 4.69) is 29.3 Å². The predicted molar refractivity (Wildman–Crippen MR) is 123 cm³/mol. The summed E-state index contributed by atoms with van der Waals surface area (Å²) in [4.78, 5) is 29.8. The number of rotatable bonds is 4. The minimum atomic E-state index is -0.461. The molecule has 0 N–H and O–H groups in total. The molecule has 2 heterocycles. The summed E-state index contributed by atoms with van der Waals surface area (Å²) >= 11 is 0. The smallest absolute Gasteiger partial charge is 0.370 e. The average molecular weight is 456 g/mol. The molecular weight excluding hydrogens is 418 g/mol. The van der Waals surface area contributed by atoms with Crippen LogP contribution in [-0.4, -0.2) is 30.6 Å². The number of tetrazole rings is 1. The zero-order valence-corrected chi connectivity index (χ0v) is 19.9. The van der Waals surface area contributed by atoms with Crippen LogP contribution >= 0.6 is 0 Å². The first-order valence-electron chi connectivity index (χ1n) is 12.9. The third-order valence-corrected chi connectivity index (χ3v) is 9.10. The van der Waals surface area contributed by atoms with Crippen LogP contribution in [0.5, 0.6) is 0 Å². The third-order valence-electron chi connectivity index (χ3n) is 9.10. The number of ketones is 1. The average Bonchev–Trinajstić information content (AvgIpc) is 3.46. The Balaban J connectivity index is 1.25. The molecule has 0 unspecified atom stereocenters. The zero-order chi connectivity index (χ0) is 22.9. The Bertz CT molecular complexity index is 996. The molecule has 3 saturated carbocycles. The van der Waals surface area contributed by atoms with Crippen molar-refractivity contribution >= 4 is 5.78 Å². The van der Waals surface area contributed by atoms with Crippen molar-refractivity contribution in [3.05, 3.63) is 23.1 Å². The van der Waals surface area contributed by atoms with Gasteiger partial charge in [0.25, 0.3) is 0 Å². The van der Waals surface area contributed by atoms with Gasteiger partial charge >= 0.3 is 5.69 Å². The summed E-state index contributed by atoms with van der Waals surface area (Å²) in [6.07, 6.45) is 14.9. The molecule has 180 valence electrons. The Morgan fingerprint density at radius 2 is 1.85 bits per heavy atom. The molecule has 0 aliphatic heterocycles. The summed E-state index contributed by atoms with van der Waals surface area (Å²) in [5.41, 5.74) is -0.461. The highest BCUT2D eigenvalue weighted by Crippen LogP contribution is 2.52. The molecule has 0 spiro atoms. The van der Waals surface area contributed by atoms with Crippen LogP contribution in [0.3, 0.4) is 0 Å². The topological polar surface area (TPSA) is 95.8 Å². The number of hydrogen-bond donors (Lipinski definition) is 0. The van der Waals surface area contributed by atoms with Gasteiger partial charge in [0, 0.05) is 5.92 Å². The van der Waals surface area contributed by atoms with Gasteiger partial charge in [-0.2, -0.15) is 9.67 Å². The molecule has 5 rings (SSSR count). The second-order valence-corrected chi connectivity index (χ2v) is 11.1. The highest BCUT2D eigenvalue weighted by atomic mass is 16.3. The van der Waals surface area contributed by atoms with Crippen LogP contribution in [-0.2, 0) is 11.3 Å². The van der Waals surface area contributed by atoms with E-state index in [9.17, 15) is 9.59 Å². The van der Waals surface area contributed by atoms with Crippen molar-refractivity contribution in [1.29, 1.82) is 0 Å². The number of nitrogens with zero attached hydrogens (tertiary/aromatic N) is 5. The van der Waals surface area contributed by atoms with Crippen LogP contribution in [0.15, 0.2) is 21.9 Å². The monoisotopic (exact) mass is 455 g/mol. The summed E-state index contributed by atoms with van der Waals surface area (Å²) < 4.78 is 7.14. The number of carbonyl (C=O) groups is 1. The van der Waals surface area contributed by atoms with E-state index >= 15 is 0 Å². The summed E-state index contributed by atoms with van der Waals surface area (Å²) in [6.45, 7) is 4.83. The summed E-state index contributed by atoms with van der Waals surface area (Å²) in [5, 5.41) is 7.76. The van der Waals surface area contributed by atoms with Crippen LogP contribution in [0, 0.1) is 41.4 Å². The Kier molecular flexibility index (Phi) is 6.52. The molecule has 3 fully saturated rings. The zero-order valence-electron chi connectivity index (χ0n) is 19.9. The van der Waals surface area contributed by atoms with Crippen molar-refractivity contribution in [2.24, 2.45) is 41.4 Å². The Labute approximate surface area is 195 Å². The van der Waals surface area contributed by atoms with Gasteiger partial charge in [0.2, 0.25) is 0 Å². The lowest BCUT2D eigenvalue weighted by molar-refractivity contribution is -0.124. The van der Waals surface area contributed by atoms with Crippen molar-refractivity contribution in [2.75, 3.05) is 0 Å². The van der Waals surface area contributed by atoms with Gasteiger partial charge < -0.3 is 4.42 Å². The molecule has 0 aromatic carbocycles. The first kappa shape index (κ1) is 22.5. The van der Waals surface area contributed by atoms with E-state index in [-0.39, 0.29) is 24.1 Å².